The van der Waals surface area contributed by atoms with Crippen LogP contribution in [0.1, 0.15) is 49.4 Å². The summed E-state index contributed by atoms with van der Waals surface area (Å²) in [6, 6.07) is 13.4. The first-order valence-electron chi connectivity index (χ1n) is 10.6. The summed E-state index contributed by atoms with van der Waals surface area (Å²) in [5.41, 5.74) is 4.16. The zero-order valence-corrected chi connectivity index (χ0v) is 19.0. The van der Waals surface area contributed by atoms with Crippen molar-refractivity contribution in [3.63, 3.8) is 0 Å². The van der Waals surface area contributed by atoms with Crippen molar-refractivity contribution in [3.05, 3.63) is 64.7 Å². The average molecular weight is 411 g/mol. The molecule has 0 bridgehead atoms. The fraction of sp³-hybridized carbons (Fsp3) is 0.440. The van der Waals surface area contributed by atoms with Crippen LogP contribution in [0.4, 0.5) is 0 Å². The van der Waals surface area contributed by atoms with Gasteiger partial charge in [-0.15, -0.1) is 0 Å². The van der Waals surface area contributed by atoms with Gasteiger partial charge in [-0.25, -0.2) is 0 Å². The molecule has 1 atom stereocenters. The summed E-state index contributed by atoms with van der Waals surface area (Å²) in [6.07, 6.45) is 0.527. The average Bonchev–Trinajstić information content (AvgIpc) is 2.67. The number of amides is 2. The Kier molecular flexibility index (Phi) is 8.46. The van der Waals surface area contributed by atoms with Crippen LogP contribution < -0.4 is 10.1 Å². The number of nitrogens with one attached hydrogen (secondary N) is 1. The van der Waals surface area contributed by atoms with Crippen molar-refractivity contribution in [1.29, 1.82) is 0 Å². The lowest BCUT2D eigenvalue weighted by molar-refractivity contribution is -0.143. The van der Waals surface area contributed by atoms with E-state index in [4.69, 9.17) is 4.74 Å². The number of carbonyl (C=O) groups excluding carboxylic acids is 2. The second-order valence-electron chi connectivity index (χ2n) is 8.16. The Labute approximate surface area is 180 Å². The SMILES string of the molecule is CC[C@H](C(=O)NC(C)C)N(Cc1cccc(C)c1)C(=O)COc1cc(C)ccc1C. The van der Waals surface area contributed by atoms with E-state index >= 15 is 0 Å². The highest BCUT2D eigenvalue weighted by molar-refractivity contribution is 5.88. The Morgan fingerprint density at radius 3 is 2.37 bits per heavy atom. The van der Waals surface area contributed by atoms with Gasteiger partial charge in [0.1, 0.15) is 11.8 Å². The van der Waals surface area contributed by atoms with E-state index < -0.39 is 6.04 Å². The van der Waals surface area contributed by atoms with E-state index in [2.05, 4.69) is 5.32 Å². The maximum Gasteiger partial charge on any atom is 0.261 e. The zero-order chi connectivity index (χ0) is 22.3. The summed E-state index contributed by atoms with van der Waals surface area (Å²) >= 11 is 0. The topological polar surface area (TPSA) is 58.6 Å². The first-order valence-corrected chi connectivity index (χ1v) is 10.6. The molecule has 0 saturated carbocycles. The minimum atomic E-state index is -0.553. The van der Waals surface area contributed by atoms with Crippen LogP contribution in [0.15, 0.2) is 42.5 Å². The van der Waals surface area contributed by atoms with E-state index in [9.17, 15) is 9.59 Å². The fourth-order valence-electron chi connectivity index (χ4n) is 3.39. The Morgan fingerprint density at radius 1 is 1.03 bits per heavy atom. The first-order chi connectivity index (χ1) is 14.2. The second kappa shape index (κ2) is 10.8. The van der Waals surface area contributed by atoms with Gasteiger partial charge in [-0.2, -0.15) is 0 Å². The molecule has 0 aliphatic rings. The standard InChI is InChI=1S/C25H34N2O3/c1-7-22(25(29)26-17(2)3)27(15-21-10-8-9-18(4)13-21)24(28)16-30-23-14-19(5)11-12-20(23)6/h8-14,17,22H,7,15-16H2,1-6H3,(H,26,29)/t22-/m1/s1. The number of carbonyl (C=O) groups is 2. The summed E-state index contributed by atoms with van der Waals surface area (Å²) in [5.74, 6) is 0.349. The smallest absolute Gasteiger partial charge is 0.261 e. The summed E-state index contributed by atoms with van der Waals surface area (Å²) < 4.78 is 5.85. The fourth-order valence-corrected chi connectivity index (χ4v) is 3.39. The molecule has 0 radical (unpaired) electrons. The maximum atomic E-state index is 13.2. The van der Waals surface area contributed by atoms with E-state index in [1.807, 2.05) is 84.0 Å². The van der Waals surface area contributed by atoms with Crippen molar-refractivity contribution in [2.75, 3.05) is 6.61 Å². The van der Waals surface area contributed by atoms with Crippen LogP contribution in [0.3, 0.4) is 0 Å². The molecule has 5 nitrogen and oxygen atoms in total. The number of nitrogens with zero attached hydrogens (tertiary/aromatic N) is 1. The lowest BCUT2D eigenvalue weighted by atomic mass is 10.1. The van der Waals surface area contributed by atoms with E-state index in [-0.39, 0.29) is 24.5 Å². The van der Waals surface area contributed by atoms with Gasteiger partial charge in [-0.05, 0) is 63.8 Å². The van der Waals surface area contributed by atoms with Crippen LogP contribution >= 0.6 is 0 Å². The lowest BCUT2D eigenvalue weighted by Crippen LogP contribution is -2.51. The molecule has 0 spiro atoms. The molecule has 30 heavy (non-hydrogen) atoms. The van der Waals surface area contributed by atoms with Gasteiger partial charge in [-0.1, -0.05) is 48.9 Å². The van der Waals surface area contributed by atoms with Crippen LogP contribution in [0.2, 0.25) is 0 Å². The highest BCUT2D eigenvalue weighted by Crippen LogP contribution is 2.20. The van der Waals surface area contributed by atoms with Gasteiger partial charge in [0.2, 0.25) is 5.91 Å². The molecule has 1 N–H and O–H groups in total. The van der Waals surface area contributed by atoms with Crippen LogP contribution in [-0.4, -0.2) is 35.4 Å². The molecule has 0 saturated heterocycles. The molecule has 0 aliphatic heterocycles. The molecule has 2 rings (SSSR count). The predicted molar refractivity (Wildman–Crippen MR) is 120 cm³/mol. The number of hydrogen-bond donors (Lipinski definition) is 1. The van der Waals surface area contributed by atoms with Crippen molar-refractivity contribution >= 4 is 11.8 Å². The lowest BCUT2D eigenvalue weighted by Gasteiger charge is -2.31. The Morgan fingerprint density at radius 2 is 1.73 bits per heavy atom. The monoisotopic (exact) mass is 410 g/mol. The molecule has 2 amide bonds. The number of rotatable bonds is 9. The largest absolute Gasteiger partial charge is 0.483 e. The molecular weight excluding hydrogens is 376 g/mol. The van der Waals surface area contributed by atoms with Gasteiger partial charge in [0, 0.05) is 12.6 Å². The number of ether oxygens (including phenoxy) is 1. The third kappa shape index (κ3) is 6.61. The van der Waals surface area contributed by atoms with E-state index in [1.54, 1.807) is 4.90 Å². The first kappa shape index (κ1) is 23.5. The molecule has 0 aliphatic carbocycles. The van der Waals surface area contributed by atoms with Crippen molar-refractivity contribution in [1.82, 2.24) is 10.2 Å². The van der Waals surface area contributed by atoms with E-state index in [0.29, 0.717) is 18.7 Å². The Bertz CT molecular complexity index is 876. The van der Waals surface area contributed by atoms with Crippen molar-refractivity contribution in [2.45, 2.75) is 66.6 Å². The van der Waals surface area contributed by atoms with Crippen molar-refractivity contribution in [3.8, 4) is 5.75 Å². The molecule has 0 heterocycles. The Hall–Kier alpha value is -2.82. The minimum absolute atomic E-state index is 0.00802. The molecule has 0 unspecified atom stereocenters. The second-order valence-corrected chi connectivity index (χ2v) is 8.16. The van der Waals surface area contributed by atoms with Gasteiger partial charge in [0.15, 0.2) is 6.61 Å². The quantitative estimate of drug-likeness (QED) is 0.670. The van der Waals surface area contributed by atoms with Gasteiger partial charge in [0.05, 0.1) is 0 Å². The summed E-state index contributed by atoms with van der Waals surface area (Å²) in [7, 11) is 0. The summed E-state index contributed by atoms with van der Waals surface area (Å²) in [5, 5.41) is 2.94. The van der Waals surface area contributed by atoms with Crippen LogP contribution in [0.25, 0.3) is 0 Å². The summed E-state index contributed by atoms with van der Waals surface area (Å²) in [6.45, 7) is 12.0. The Balaban J connectivity index is 2.25. The van der Waals surface area contributed by atoms with Gasteiger partial charge < -0.3 is 15.0 Å². The normalized spacial score (nSPS) is 11.8. The number of aryl methyl sites for hydroxylation is 3. The van der Waals surface area contributed by atoms with Crippen LogP contribution in [0.5, 0.6) is 5.75 Å². The molecule has 2 aromatic carbocycles. The molecular formula is C25H34N2O3. The molecule has 5 heteroatoms. The molecule has 0 fully saturated rings. The zero-order valence-electron chi connectivity index (χ0n) is 19.0. The summed E-state index contributed by atoms with van der Waals surface area (Å²) in [4.78, 5) is 27.7. The van der Waals surface area contributed by atoms with Gasteiger partial charge in [0.25, 0.3) is 5.91 Å². The van der Waals surface area contributed by atoms with Crippen LogP contribution in [-0.2, 0) is 16.1 Å². The van der Waals surface area contributed by atoms with Gasteiger partial charge in [-0.3, -0.25) is 9.59 Å². The third-order valence-electron chi connectivity index (χ3n) is 4.95. The van der Waals surface area contributed by atoms with Crippen LogP contribution in [0, 0.1) is 20.8 Å². The molecule has 0 aromatic heterocycles. The van der Waals surface area contributed by atoms with Crippen molar-refractivity contribution < 1.29 is 14.3 Å². The van der Waals surface area contributed by atoms with E-state index in [1.165, 1.54) is 0 Å². The maximum absolute atomic E-state index is 13.2. The number of hydrogen-bond acceptors (Lipinski definition) is 3. The minimum Gasteiger partial charge on any atom is -0.483 e. The predicted octanol–water partition coefficient (Wildman–Crippen LogP) is 4.32. The highest BCUT2D eigenvalue weighted by atomic mass is 16.5. The van der Waals surface area contributed by atoms with E-state index in [0.717, 1.165) is 22.3 Å². The third-order valence-corrected chi connectivity index (χ3v) is 4.95. The molecule has 162 valence electrons. The molecule has 2 aromatic rings. The number of benzene rings is 2. The highest BCUT2D eigenvalue weighted by Gasteiger charge is 2.29. The van der Waals surface area contributed by atoms with Gasteiger partial charge >= 0.3 is 0 Å². The van der Waals surface area contributed by atoms with Crippen molar-refractivity contribution in [2.24, 2.45) is 0 Å².